The first kappa shape index (κ1) is 17.5. The van der Waals surface area contributed by atoms with Gasteiger partial charge in [-0.05, 0) is 24.6 Å². The Bertz CT molecular complexity index is 628. The van der Waals surface area contributed by atoms with Crippen LogP contribution in [-0.4, -0.2) is 30.9 Å². The zero-order valence-electron chi connectivity index (χ0n) is 13.6. The van der Waals surface area contributed by atoms with Crippen LogP contribution >= 0.6 is 0 Å². The molecule has 0 saturated heterocycles. The van der Waals surface area contributed by atoms with Crippen molar-refractivity contribution >= 4 is 23.5 Å². The SMILES string of the molecule is CCCCNC(=O)COC(=O)C1=CCC(=O)N(c2ccccc2)N1. The molecule has 1 aliphatic rings. The monoisotopic (exact) mass is 331 g/mol. The van der Waals surface area contributed by atoms with Gasteiger partial charge in [0.05, 0.1) is 5.69 Å². The normalized spacial score (nSPS) is 13.8. The molecular weight excluding hydrogens is 310 g/mol. The number of amides is 2. The quantitative estimate of drug-likeness (QED) is 0.580. The van der Waals surface area contributed by atoms with Crippen molar-refractivity contribution in [1.82, 2.24) is 10.7 Å². The van der Waals surface area contributed by atoms with Gasteiger partial charge in [0.25, 0.3) is 5.91 Å². The lowest BCUT2D eigenvalue weighted by Gasteiger charge is -2.28. The van der Waals surface area contributed by atoms with Crippen molar-refractivity contribution in [2.24, 2.45) is 0 Å². The van der Waals surface area contributed by atoms with Crippen molar-refractivity contribution in [1.29, 1.82) is 0 Å². The number of unbranched alkanes of at least 4 members (excludes halogenated alkanes) is 1. The predicted molar refractivity (Wildman–Crippen MR) is 88.6 cm³/mol. The molecule has 24 heavy (non-hydrogen) atoms. The molecule has 7 heteroatoms. The largest absolute Gasteiger partial charge is 0.451 e. The summed E-state index contributed by atoms with van der Waals surface area (Å²) in [7, 11) is 0. The molecule has 2 rings (SSSR count). The average Bonchev–Trinajstić information content (AvgIpc) is 2.61. The lowest BCUT2D eigenvalue weighted by Crippen LogP contribution is -2.47. The van der Waals surface area contributed by atoms with Crippen LogP contribution in [0.2, 0.25) is 0 Å². The smallest absolute Gasteiger partial charge is 0.356 e. The molecule has 0 atom stereocenters. The molecule has 0 bridgehead atoms. The highest BCUT2D eigenvalue weighted by molar-refractivity contribution is 5.99. The van der Waals surface area contributed by atoms with Crippen LogP contribution in [0.1, 0.15) is 26.2 Å². The first-order valence-electron chi connectivity index (χ1n) is 7.90. The molecule has 0 aliphatic carbocycles. The number of hydrazine groups is 1. The second-order valence-electron chi connectivity index (χ2n) is 5.28. The lowest BCUT2D eigenvalue weighted by molar-refractivity contribution is -0.145. The van der Waals surface area contributed by atoms with Crippen molar-refractivity contribution in [3.05, 3.63) is 42.1 Å². The zero-order valence-corrected chi connectivity index (χ0v) is 13.6. The van der Waals surface area contributed by atoms with Gasteiger partial charge in [0.1, 0.15) is 5.70 Å². The second kappa shape index (κ2) is 8.71. The maximum absolute atomic E-state index is 12.0. The van der Waals surface area contributed by atoms with E-state index < -0.39 is 5.97 Å². The molecule has 128 valence electrons. The highest BCUT2D eigenvalue weighted by Gasteiger charge is 2.25. The van der Waals surface area contributed by atoms with Crippen LogP contribution in [0, 0.1) is 0 Å². The van der Waals surface area contributed by atoms with E-state index in [1.807, 2.05) is 13.0 Å². The number of nitrogens with one attached hydrogen (secondary N) is 2. The predicted octanol–water partition coefficient (Wildman–Crippen LogP) is 1.27. The standard InChI is InChI=1S/C17H21N3O4/c1-2-3-11-18-15(21)12-24-17(23)14-9-10-16(22)20(19-14)13-7-5-4-6-8-13/h4-9,19H,2-3,10-12H2,1H3,(H,18,21). The molecule has 1 aliphatic heterocycles. The highest BCUT2D eigenvalue weighted by Crippen LogP contribution is 2.17. The fraction of sp³-hybridized carbons (Fsp3) is 0.353. The van der Waals surface area contributed by atoms with Gasteiger partial charge in [-0.2, -0.15) is 0 Å². The minimum absolute atomic E-state index is 0.0784. The van der Waals surface area contributed by atoms with E-state index in [9.17, 15) is 14.4 Å². The molecule has 0 fully saturated rings. The Morgan fingerprint density at radius 2 is 2.04 bits per heavy atom. The van der Waals surface area contributed by atoms with Crippen LogP contribution in [0.5, 0.6) is 0 Å². The van der Waals surface area contributed by atoms with Crippen molar-refractivity contribution in [2.45, 2.75) is 26.2 Å². The first-order chi connectivity index (χ1) is 11.6. The van der Waals surface area contributed by atoms with Crippen LogP contribution in [0.4, 0.5) is 5.69 Å². The van der Waals surface area contributed by atoms with E-state index in [2.05, 4.69) is 10.7 Å². The van der Waals surface area contributed by atoms with Crippen LogP contribution in [0.25, 0.3) is 0 Å². The number of para-hydroxylation sites is 1. The zero-order chi connectivity index (χ0) is 17.4. The van der Waals surface area contributed by atoms with Gasteiger partial charge < -0.3 is 10.1 Å². The van der Waals surface area contributed by atoms with Crippen molar-refractivity contribution < 1.29 is 19.1 Å². The Labute approximate surface area is 140 Å². The van der Waals surface area contributed by atoms with Crippen LogP contribution in [0.3, 0.4) is 0 Å². The number of anilines is 1. The summed E-state index contributed by atoms with van der Waals surface area (Å²) in [6.07, 6.45) is 3.38. The van der Waals surface area contributed by atoms with E-state index in [-0.39, 0.29) is 30.5 Å². The Balaban J connectivity index is 1.88. The molecular formula is C17H21N3O4. The van der Waals surface area contributed by atoms with Gasteiger partial charge in [-0.3, -0.25) is 15.0 Å². The highest BCUT2D eigenvalue weighted by atomic mass is 16.5. The summed E-state index contributed by atoms with van der Waals surface area (Å²) < 4.78 is 4.97. The van der Waals surface area contributed by atoms with Gasteiger partial charge in [-0.15, -0.1) is 0 Å². The summed E-state index contributed by atoms with van der Waals surface area (Å²) in [5.41, 5.74) is 3.50. The van der Waals surface area contributed by atoms with E-state index in [1.54, 1.807) is 24.3 Å². The van der Waals surface area contributed by atoms with Crippen molar-refractivity contribution in [3.63, 3.8) is 0 Å². The molecule has 2 amide bonds. The molecule has 1 aromatic carbocycles. The Hall–Kier alpha value is -2.83. The van der Waals surface area contributed by atoms with E-state index in [0.29, 0.717) is 12.2 Å². The van der Waals surface area contributed by atoms with Gasteiger partial charge >= 0.3 is 5.97 Å². The summed E-state index contributed by atoms with van der Waals surface area (Å²) in [6, 6.07) is 8.92. The molecule has 0 aromatic heterocycles. The minimum atomic E-state index is -0.672. The minimum Gasteiger partial charge on any atom is -0.451 e. The molecule has 1 aromatic rings. The van der Waals surface area contributed by atoms with Gasteiger partial charge in [-0.1, -0.05) is 31.5 Å². The number of benzene rings is 1. The summed E-state index contributed by atoms with van der Waals surface area (Å²) in [6.45, 7) is 2.23. The average molecular weight is 331 g/mol. The fourth-order valence-electron chi connectivity index (χ4n) is 2.09. The van der Waals surface area contributed by atoms with Gasteiger partial charge in [0.2, 0.25) is 5.91 Å². The molecule has 0 unspecified atom stereocenters. The third-order valence-electron chi connectivity index (χ3n) is 3.38. The Kier molecular flexibility index (Phi) is 6.36. The van der Waals surface area contributed by atoms with Crippen LogP contribution in [-0.2, 0) is 19.1 Å². The summed E-state index contributed by atoms with van der Waals surface area (Å²) in [4.78, 5) is 35.6. The third-order valence-corrected chi connectivity index (χ3v) is 3.38. The van der Waals surface area contributed by atoms with Crippen molar-refractivity contribution in [2.75, 3.05) is 18.2 Å². The number of rotatable bonds is 7. The molecule has 2 N–H and O–H groups in total. The fourth-order valence-corrected chi connectivity index (χ4v) is 2.09. The summed E-state index contributed by atoms with van der Waals surface area (Å²) in [5.74, 6) is -1.20. The van der Waals surface area contributed by atoms with E-state index in [4.69, 9.17) is 4.74 Å². The lowest BCUT2D eigenvalue weighted by atomic mass is 10.2. The van der Waals surface area contributed by atoms with Crippen LogP contribution in [0.15, 0.2) is 42.1 Å². The topological polar surface area (TPSA) is 87.7 Å². The number of ether oxygens (including phenoxy) is 1. The van der Waals surface area contributed by atoms with Gasteiger partial charge in [0.15, 0.2) is 6.61 Å². The van der Waals surface area contributed by atoms with E-state index in [0.717, 1.165) is 12.8 Å². The first-order valence-corrected chi connectivity index (χ1v) is 7.90. The number of carbonyl (C=O) groups is 3. The Morgan fingerprint density at radius 3 is 2.75 bits per heavy atom. The second-order valence-corrected chi connectivity index (χ2v) is 5.28. The van der Waals surface area contributed by atoms with Gasteiger partial charge in [0, 0.05) is 13.0 Å². The molecule has 1 heterocycles. The molecule has 0 spiro atoms. The van der Waals surface area contributed by atoms with E-state index in [1.165, 1.54) is 11.1 Å². The van der Waals surface area contributed by atoms with Crippen LogP contribution < -0.4 is 15.8 Å². The third kappa shape index (κ3) is 4.84. The number of esters is 1. The summed E-state index contributed by atoms with van der Waals surface area (Å²) in [5, 5.41) is 3.95. The number of carbonyl (C=O) groups excluding carboxylic acids is 3. The number of nitrogens with zero attached hydrogens (tertiary/aromatic N) is 1. The number of hydrogen-bond donors (Lipinski definition) is 2. The van der Waals surface area contributed by atoms with Crippen molar-refractivity contribution in [3.8, 4) is 0 Å². The maximum atomic E-state index is 12.0. The van der Waals surface area contributed by atoms with E-state index >= 15 is 0 Å². The molecule has 7 nitrogen and oxygen atoms in total. The number of hydrogen-bond acceptors (Lipinski definition) is 5. The summed E-state index contributed by atoms with van der Waals surface area (Å²) >= 11 is 0. The Morgan fingerprint density at radius 1 is 1.29 bits per heavy atom. The van der Waals surface area contributed by atoms with Gasteiger partial charge in [-0.25, -0.2) is 9.80 Å². The maximum Gasteiger partial charge on any atom is 0.356 e. The molecule has 0 saturated carbocycles. The molecule has 0 radical (unpaired) electrons.